The molecule has 0 aromatic carbocycles. The maximum Gasteiger partial charge on any atom is 0.220 e. The van der Waals surface area contributed by atoms with Crippen LogP contribution < -0.4 is 5.32 Å². The molecule has 0 rings (SSSR count). The second kappa shape index (κ2) is 38.6. The van der Waals surface area contributed by atoms with Gasteiger partial charge in [-0.15, -0.1) is 0 Å². The standard InChI is InChI=1S/C42H83NO3/c1-3-5-7-9-11-13-15-17-19-20-21-22-24-26-28-30-32-34-36-38-42(46)43-40(39-44)41(45)37-35-33-31-29-27-25-23-18-16-14-12-10-8-6-4-2/h27,29,40-41,44-45H,3-26,28,30-39H2,1-2H3,(H,43,46)/b29-27+/t40-,41+/m0/s1. The molecule has 0 radical (unpaired) electrons. The first kappa shape index (κ1) is 45.1. The molecule has 0 aromatic rings. The molecule has 0 aliphatic carbocycles. The van der Waals surface area contributed by atoms with Gasteiger partial charge < -0.3 is 15.5 Å². The van der Waals surface area contributed by atoms with Crippen LogP contribution in [-0.4, -0.2) is 34.9 Å². The summed E-state index contributed by atoms with van der Waals surface area (Å²) in [4.78, 5) is 12.4. The van der Waals surface area contributed by atoms with Crippen molar-refractivity contribution in [2.45, 2.75) is 244 Å². The van der Waals surface area contributed by atoms with Crippen LogP contribution in [0.25, 0.3) is 0 Å². The summed E-state index contributed by atoms with van der Waals surface area (Å²) in [6.45, 7) is 4.36. The monoisotopic (exact) mass is 650 g/mol. The third kappa shape index (κ3) is 34.5. The topological polar surface area (TPSA) is 69.6 Å². The molecular formula is C42H83NO3. The minimum absolute atomic E-state index is 0.0375. The van der Waals surface area contributed by atoms with Gasteiger partial charge in [-0.25, -0.2) is 0 Å². The van der Waals surface area contributed by atoms with Crippen LogP contribution >= 0.6 is 0 Å². The van der Waals surface area contributed by atoms with Crippen LogP contribution in [0.4, 0.5) is 0 Å². The Balaban J connectivity index is 3.52. The quantitative estimate of drug-likeness (QED) is 0.0460. The van der Waals surface area contributed by atoms with Crippen molar-refractivity contribution in [2.24, 2.45) is 0 Å². The number of carbonyl (C=O) groups is 1. The van der Waals surface area contributed by atoms with Gasteiger partial charge >= 0.3 is 0 Å². The molecule has 0 fully saturated rings. The fourth-order valence-electron chi connectivity index (χ4n) is 6.53. The number of carbonyl (C=O) groups excluding carboxylic acids is 1. The van der Waals surface area contributed by atoms with Crippen molar-refractivity contribution >= 4 is 5.91 Å². The van der Waals surface area contributed by atoms with E-state index in [-0.39, 0.29) is 12.5 Å². The van der Waals surface area contributed by atoms with Gasteiger partial charge in [-0.1, -0.05) is 199 Å². The Kier molecular flexibility index (Phi) is 37.8. The van der Waals surface area contributed by atoms with Crippen LogP contribution in [0, 0.1) is 0 Å². The van der Waals surface area contributed by atoms with Gasteiger partial charge in [0, 0.05) is 6.42 Å². The molecule has 0 bridgehead atoms. The number of amides is 1. The van der Waals surface area contributed by atoms with Crippen molar-refractivity contribution in [1.29, 1.82) is 0 Å². The molecular weight excluding hydrogens is 566 g/mol. The molecule has 2 atom stereocenters. The van der Waals surface area contributed by atoms with Gasteiger partial charge in [0.1, 0.15) is 0 Å². The lowest BCUT2D eigenvalue weighted by Gasteiger charge is -2.22. The van der Waals surface area contributed by atoms with Gasteiger partial charge in [-0.2, -0.15) is 0 Å². The Morgan fingerprint density at radius 3 is 1.20 bits per heavy atom. The second-order valence-corrected chi connectivity index (χ2v) is 14.4. The van der Waals surface area contributed by atoms with Crippen molar-refractivity contribution in [3.05, 3.63) is 12.2 Å². The van der Waals surface area contributed by atoms with E-state index < -0.39 is 12.1 Å². The highest BCUT2D eigenvalue weighted by atomic mass is 16.3. The molecule has 1 amide bonds. The van der Waals surface area contributed by atoms with E-state index in [4.69, 9.17) is 0 Å². The third-order valence-electron chi connectivity index (χ3n) is 9.78. The van der Waals surface area contributed by atoms with Gasteiger partial charge in [0.2, 0.25) is 5.91 Å². The molecule has 0 saturated carbocycles. The van der Waals surface area contributed by atoms with E-state index in [1.54, 1.807) is 0 Å². The Morgan fingerprint density at radius 1 is 0.500 bits per heavy atom. The van der Waals surface area contributed by atoms with Crippen molar-refractivity contribution in [2.75, 3.05) is 6.61 Å². The Bertz CT molecular complexity index is 622. The van der Waals surface area contributed by atoms with E-state index >= 15 is 0 Å². The summed E-state index contributed by atoms with van der Waals surface area (Å²) in [5, 5.41) is 23.1. The van der Waals surface area contributed by atoms with Gasteiger partial charge in [0.05, 0.1) is 18.8 Å². The average Bonchev–Trinajstić information content (AvgIpc) is 3.06. The Labute approximate surface area is 288 Å². The fourth-order valence-corrected chi connectivity index (χ4v) is 6.53. The Morgan fingerprint density at radius 2 is 0.826 bits per heavy atom. The first-order chi connectivity index (χ1) is 22.7. The lowest BCUT2D eigenvalue weighted by molar-refractivity contribution is -0.123. The van der Waals surface area contributed by atoms with Crippen LogP contribution in [-0.2, 0) is 4.79 Å². The summed E-state index contributed by atoms with van der Waals surface area (Å²) < 4.78 is 0. The molecule has 4 heteroatoms. The first-order valence-corrected chi connectivity index (χ1v) is 20.9. The molecule has 0 saturated heterocycles. The maximum absolute atomic E-state index is 12.4. The molecule has 274 valence electrons. The van der Waals surface area contributed by atoms with Crippen LogP contribution in [0.15, 0.2) is 12.2 Å². The molecule has 3 N–H and O–H groups in total. The SMILES string of the molecule is CCCCCCCCCCC/C=C/CCCC[C@@H](O)[C@H](CO)NC(=O)CCCCCCCCCCCCCCCCCCCCC. The van der Waals surface area contributed by atoms with Crippen molar-refractivity contribution in [3.8, 4) is 0 Å². The number of hydrogen-bond donors (Lipinski definition) is 3. The van der Waals surface area contributed by atoms with Gasteiger partial charge in [0.15, 0.2) is 0 Å². The number of allylic oxidation sites excluding steroid dienone is 2. The van der Waals surface area contributed by atoms with E-state index in [0.717, 1.165) is 32.1 Å². The summed E-state index contributed by atoms with van der Waals surface area (Å²) in [6, 6.07) is -0.546. The van der Waals surface area contributed by atoms with Crippen LogP contribution in [0.1, 0.15) is 232 Å². The number of unbranched alkanes of at least 4 members (excludes halogenated alkanes) is 29. The van der Waals surface area contributed by atoms with Gasteiger partial charge in [-0.3, -0.25) is 4.79 Å². The average molecular weight is 650 g/mol. The zero-order chi connectivity index (χ0) is 33.6. The lowest BCUT2D eigenvalue weighted by Crippen LogP contribution is -2.45. The minimum atomic E-state index is -0.676. The van der Waals surface area contributed by atoms with Gasteiger partial charge in [-0.05, 0) is 38.5 Å². The summed E-state index contributed by atoms with van der Waals surface area (Å²) >= 11 is 0. The molecule has 0 heterocycles. The van der Waals surface area contributed by atoms with Gasteiger partial charge in [0.25, 0.3) is 0 Å². The van der Waals surface area contributed by atoms with E-state index in [2.05, 4.69) is 31.3 Å². The zero-order valence-corrected chi connectivity index (χ0v) is 31.4. The highest BCUT2D eigenvalue weighted by Gasteiger charge is 2.19. The Hall–Kier alpha value is -0.870. The van der Waals surface area contributed by atoms with Crippen molar-refractivity contribution < 1.29 is 15.0 Å². The van der Waals surface area contributed by atoms with Crippen molar-refractivity contribution in [1.82, 2.24) is 5.32 Å². The number of aliphatic hydroxyl groups is 2. The predicted octanol–water partition coefficient (Wildman–Crippen LogP) is 12.7. The van der Waals surface area contributed by atoms with Crippen molar-refractivity contribution in [3.63, 3.8) is 0 Å². The van der Waals surface area contributed by atoms with E-state index in [0.29, 0.717) is 12.8 Å². The molecule has 0 spiro atoms. The smallest absolute Gasteiger partial charge is 0.220 e. The summed E-state index contributed by atoms with van der Waals surface area (Å²) in [5.41, 5.74) is 0. The summed E-state index contributed by atoms with van der Waals surface area (Å²) in [5.74, 6) is -0.0375. The van der Waals surface area contributed by atoms with Crippen LogP contribution in [0.5, 0.6) is 0 Å². The maximum atomic E-state index is 12.4. The van der Waals surface area contributed by atoms with Crippen LogP contribution in [0.3, 0.4) is 0 Å². The van der Waals surface area contributed by atoms with E-state index in [9.17, 15) is 15.0 Å². The zero-order valence-electron chi connectivity index (χ0n) is 31.4. The highest BCUT2D eigenvalue weighted by molar-refractivity contribution is 5.76. The summed E-state index contributed by atoms with van der Waals surface area (Å²) in [6.07, 6.45) is 47.1. The number of aliphatic hydroxyl groups excluding tert-OH is 2. The molecule has 4 nitrogen and oxygen atoms in total. The second-order valence-electron chi connectivity index (χ2n) is 14.4. The first-order valence-electron chi connectivity index (χ1n) is 20.9. The summed E-state index contributed by atoms with van der Waals surface area (Å²) in [7, 11) is 0. The minimum Gasteiger partial charge on any atom is -0.394 e. The molecule has 46 heavy (non-hydrogen) atoms. The predicted molar refractivity (Wildman–Crippen MR) is 202 cm³/mol. The van der Waals surface area contributed by atoms with E-state index in [1.165, 1.54) is 173 Å². The molecule has 0 aliphatic rings. The largest absolute Gasteiger partial charge is 0.394 e. The fraction of sp³-hybridized carbons (Fsp3) is 0.929. The third-order valence-corrected chi connectivity index (χ3v) is 9.78. The van der Waals surface area contributed by atoms with Crippen LogP contribution in [0.2, 0.25) is 0 Å². The number of hydrogen-bond acceptors (Lipinski definition) is 3. The highest BCUT2D eigenvalue weighted by Crippen LogP contribution is 2.16. The number of rotatable bonds is 38. The molecule has 0 unspecified atom stereocenters. The van der Waals surface area contributed by atoms with E-state index in [1.807, 2.05) is 0 Å². The molecule has 0 aliphatic heterocycles. The molecule has 0 aromatic heterocycles. The lowest BCUT2D eigenvalue weighted by atomic mass is 10.0. The normalized spacial score (nSPS) is 13.0. The number of nitrogens with one attached hydrogen (secondary N) is 1.